The number of hydrogen-bond acceptors (Lipinski definition) is 3. The largest absolute Gasteiger partial charge is 0.245 e. The van der Waals surface area contributed by atoms with Crippen LogP contribution in [0.1, 0.15) is 37.5 Å². The minimum absolute atomic E-state index is 0.106. The molecule has 0 N–H and O–H groups in total. The van der Waals surface area contributed by atoms with Gasteiger partial charge in [-0.25, -0.2) is 8.42 Å². The average molecular weight is 401 g/mol. The summed E-state index contributed by atoms with van der Waals surface area (Å²) in [4.78, 5) is 1.21. The number of rotatable bonds is 4. The summed E-state index contributed by atoms with van der Waals surface area (Å²) in [5, 5.41) is 0. The highest BCUT2D eigenvalue weighted by Gasteiger charge is 2.33. The maximum Gasteiger partial charge on any atom is 0.245 e. The Labute approximate surface area is 138 Å². The van der Waals surface area contributed by atoms with Gasteiger partial charge in [0.1, 0.15) is 4.90 Å². The molecule has 1 fully saturated rings. The maximum absolute atomic E-state index is 12.7. The van der Waals surface area contributed by atoms with Crippen LogP contribution < -0.4 is 0 Å². The van der Waals surface area contributed by atoms with Crippen molar-refractivity contribution < 1.29 is 8.42 Å². The normalized spacial score (nSPS) is 24.2. The number of hydrogen-bond donors (Lipinski definition) is 0. The highest BCUT2D eigenvalue weighted by Crippen LogP contribution is 2.36. The Balaban J connectivity index is 2.26. The summed E-state index contributed by atoms with van der Waals surface area (Å²) in [6, 6.07) is 1.79. The van der Waals surface area contributed by atoms with Gasteiger partial charge >= 0.3 is 0 Å². The van der Waals surface area contributed by atoms with Crippen molar-refractivity contribution in [2.75, 3.05) is 7.05 Å². The number of sulfonamides is 1. The second-order valence-corrected chi connectivity index (χ2v) is 10.1. The van der Waals surface area contributed by atoms with Gasteiger partial charge in [0.05, 0.1) is 9.67 Å². The van der Waals surface area contributed by atoms with Crippen LogP contribution in [0.2, 0.25) is 0 Å². The van der Waals surface area contributed by atoms with E-state index in [2.05, 4.69) is 22.9 Å². The molecular weight excluding hydrogens is 382 g/mol. The van der Waals surface area contributed by atoms with Crippen molar-refractivity contribution in [3.8, 4) is 0 Å². The molecule has 3 nitrogen and oxygen atoms in total. The van der Waals surface area contributed by atoms with Crippen LogP contribution in [-0.2, 0) is 15.9 Å². The molecule has 2 atom stereocenters. The van der Waals surface area contributed by atoms with Crippen molar-refractivity contribution in [2.24, 2.45) is 5.92 Å². The number of halogens is 2. The monoisotopic (exact) mass is 399 g/mol. The lowest BCUT2D eigenvalue weighted by Gasteiger charge is -2.33. The first kappa shape index (κ1) is 16.7. The Morgan fingerprint density at radius 2 is 2.20 bits per heavy atom. The first-order valence-corrected chi connectivity index (χ1v) is 10.3. The molecule has 0 aromatic carbocycles. The number of thiophene rings is 1. The van der Waals surface area contributed by atoms with Gasteiger partial charge in [0.15, 0.2) is 0 Å². The third-order valence-corrected chi connectivity index (χ3v) is 8.53. The lowest BCUT2D eigenvalue weighted by molar-refractivity contribution is 0.239. The molecule has 20 heavy (non-hydrogen) atoms. The van der Waals surface area contributed by atoms with Crippen LogP contribution in [0.25, 0.3) is 0 Å². The standard InChI is InChI=1S/C13H19BrClNO2S2/c1-9-4-3-5-10(6-9)16(2)20(17,18)12-7-11(8-15)19-13(12)14/h7,9-10H,3-6,8H2,1-2H3. The molecule has 0 amide bonds. The highest BCUT2D eigenvalue weighted by molar-refractivity contribution is 9.11. The summed E-state index contributed by atoms with van der Waals surface area (Å²) >= 11 is 10.5. The second kappa shape index (κ2) is 6.65. The van der Waals surface area contributed by atoms with Crippen LogP contribution in [0.5, 0.6) is 0 Å². The van der Waals surface area contributed by atoms with Gasteiger partial charge in [0.2, 0.25) is 10.0 Å². The lowest BCUT2D eigenvalue weighted by atomic mass is 9.87. The van der Waals surface area contributed by atoms with Crippen molar-refractivity contribution >= 4 is 48.9 Å². The zero-order chi connectivity index (χ0) is 14.9. The molecule has 114 valence electrons. The van der Waals surface area contributed by atoms with Gasteiger partial charge in [-0.2, -0.15) is 4.31 Å². The first-order chi connectivity index (χ1) is 9.36. The lowest BCUT2D eigenvalue weighted by Crippen LogP contribution is -2.39. The molecule has 0 radical (unpaired) electrons. The van der Waals surface area contributed by atoms with Gasteiger partial charge in [-0.1, -0.05) is 19.8 Å². The summed E-state index contributed by atoms with van der Waals surface area (Å²) in [7, 11) is -1.75. The molecule has 2 rings (SSSR count). The fourth-order valence-corrected chi connectivity index (χ4v) is 6.84. The molecule has 1 aliphatic carbocycles. The zero-order valence-corrected chi connectivity index (χ0v) is 15.6. The van der Waals surface area contributed by atoms with Gasteiger partial charge in [-0.05, 0) is 40.8 Å². The molecular formula is C13H19BrClNO2S2. The highest BCUT2D eigenvalue weighted by atomic mass is 79.9. The van der Waals surface area contributed by atoms with Crippen molar-refractivity contribution in [3.05, 3.63) is 14.7 Å². The first-order valence-electron chi connectivity index (χ1n) is 6.68. The predicted octanol–water partition coefficient (Wildman–Crippen LogP) is 4.45. The van der Waals surface area contributed by atoms with Crippen molar-refractivity contribution in [2.45, 2.75) is 49.4 Å². The quantitative estimate of drug-likeness (QED) is 0.700. The third kappa shape index (κ3) is 3.40. The smallest absolute Gasteiger partial charge is 0.207 e. The molecule has 1 heterocycles. The Hall–Kier alpha value is 0.380. The molecule has 0 saturated heterocycles. The molecule has 2 unspecified atom stereocenters. The molecule has 1 aliphatic rings. The van der Waals surface area contributed by atoms with E-state index in [-0.39, 0.29) is 6.04 Å². The molecule has 0 bridgehead atoms. The zero-order valence-electron chi connectivity index (χ0n) is 11.6. The number of nitrogens with zero attached hydrogens (tertiary/aromatic N) is 1. The summed E-state index contributed by atoms with van der Waals surface area (Å²) in [6.07, 6.45) is 4.19. The van der Waals surface area contributed by atoms with Crippen LogP contribution in [0.3, 0.4) is 0 Å². The van der Waals surface area contributed by atoms with E-state index >= 15 is 0 Å². The van der Waals surface area contributed by atoms with Gasteiger partial charge in [0.25, 0.3) is 0 Å². The third-order valence-electron chi connectivity index (χ3n) is 3.92. The maximum atomic E-state index is 12.7. The van der Waals surface area contributed by atoms with Crippen LogP contribution >= 0.6 is 38.9 Å². The second-order valence-electron chi connectivity index (χ2n) is 5.43. The molecule has 0 spiro atoms. The van der Waals surface area contributed by atoms with Crippen molar-refractivity contribution in [1.82, 2.24) is 4.31 Å². The Bertz CT molecular complexity index is 573. The number of alkyl halides is 1. The van der Waals surface area contributed by atoms with Crippen molar-refractivity contribution in [1.29, 1.82) is 0 Å². The van der Waals surface area contributed by atoms with Gasteiger partial charge in [-0.15, -0.1) is 22.9 Å². The molecule has 1 aromatic rings. The van der Waals surface area contributed by atoms with E-state index in [1.165, 1.54) is 17.8 Å². The predicted molar refractivity (Wildman–Crippen MR) is 87.9 cm³/mol. The summed E-state index contributed by atoms with van der Waals surface area (Å²) in [5.74, 6) is 0.930. The Morgan fingerprint density at radius 3 is 2.75 bits per heavy atom. The van der Waals surface area contributed by atoms with Gasteiger partial charge < -0.3 is 0 Å². The topological polar surface area (TPSA) is 37.4 Å². The molecule has 1 saturated carbocycles. The van der Waals surface area contributed by atoms with Gasteiger partial charge in [-0.3, -0.25) is 0 Å². The van der Waals surface area contributed by atoms with E-state index in [4.69, 9.17) is 11.6 Å². The SMILES string of the molecule is CC1CCCC(N(C)S(=O)(=O)c2cc(CCl)sc2Br)C1. The van der Waals surface area contributed by atoms with E-state index in [1.54, 1.807) is 17.4 Å². The summed E-state index contributed by atoms with van der Waals surface area (Å²) in [5.41, 5.74) is 0. The molecule has 1 aromatic heterocycles. The summed E-state index contributed by atoms with van der Waals surface area (Å²) < 4.78 is 27.7. The Morgan fingerprint density at radius 1 is 1.50 bits per heavy atom. The minimum atomic E-state index is -3.44. The van der Waals surface area contributed by atoms with E-state index < -0.39 is 10.0 Å². The van der Waals surface area contributed by atoms with E-state index in [1.807, 2.05) is 0 Å². The molecule has 7 heteroatoms. The fourth-order valence-electron chi connectivity index (χ4n) is 2.72. The van der Waals surface area contributed by atoms with E-state index in [9.17, 15) is 8.42 Å². The van der Waals surface area contributed by atoms with E-state index in [0.29, 0.717) is 20.5 Å². The van der Waals surface area contributed by atoms with Crippen LogP contribution in [0.4, 0.5) is 0 Å². The fraction of sp³-hybridized carbons (Fsp3) is 0.692. The molecule has 0 aliphatic heterocycles. The average Bonchev–Trinajstić information content (AvgIpc) is 2.80. The van der Waals surface area contributed by atoms with Gasteiger partial charge in [0, 0.05) is 18.0 Å². The van der Waals surface area contributed by atoms with Crippen molar-refractivity contribution in [3.63, 3.8) is 0 Å². The van der Waals surface area contributed by atoms with Crippen LogP contribution in [0, 0.1) is 5.92 Å². The van der Waals surface area contributed by atoms with E-state index in [0.717, 1.165) is 24.1 Å². The summed E-state index contributed by atoms with van der Waals surface area (Å²) in [6.45, 7) is 2.19. The minimum Gasteiger partial charge on any atom is -0.207 e. The Kier molecular flexibility index (Phi) is 5.57. The van der Waals surface area contributed by atoms with Crippen LogP contribution in [0.15, 0.2) is 14.7 Å². The van der Waals surface area contributed by atoms with Crippen LogP contribution in [-0.4, -0.2) is 25.8 Å².